The number of anilines is 1. The summed E-state index contributed by atoms with van der Waals surface area (Å²) in [5, 5.41) is 8.59. The Morgan fingerprint density at radius 3 is 2.33 bits per heavy atom. The minimum absolute atomic E-state index is 0.176. The fourth-order valence-electron chi connectivity index (χ4n) is 4.00. The van der Waals surface area contributed by atoms with Gasteiger partial charge < -0.3 is 14.8 Å². The molecule has 4 aromatic rings. The Bertz CT molecular complexity index is 1340. The van der Waals surface area contributed by atoms with Crippen molar-refractivity contribution in [2.45, 2.75) is 34.2 Å². The van der Waals surface area contributed by atoms with Gasteiger partial charge in [0.15, 0.2) is 0 Å². The van der Waals surface area contributed by atoms with Crippen LogP contribution in [0, 0.1) is 27.7 Å². The quantitative estimate of drug-likeness (QED) is 0.454. The second-order valence-electron chi connectivity index (χ2n) is 8.21. The SMILES string of the molecule is COc1cc(Cn2nc(C)c(NC(=O)c3cc(C)nc4ccc(C)cc34)c2C)cc(OC)c1. The molecule has 170 valence electrons. The second-order valence-corrected chi connectivity index (χ2v) is 8.21. The fourth-order valence-corrected chi connectivity index (χ4v) is 4.00. The Morgan fingerprint density at radius 2 is 1.67 bits per heavy atom. The molecule has 0 aliphatic carbocycles. The van der Waals surface area contributed by atoms with Crippen molar-refractivity contribution in [2.75, 3.05) is 19.5 Å². The second kappa shape index (κ2) is 8.94. The number of amides is 1. The molecular weight excluding hydrogens is 416 g/mol. The van der Waals surface area contributed by atoms with Crippen LogP contribution >= 0.6 is 0 Å². The zero-order valence-electron chi connectivity index (χ0n) is 19.8. The smallest absolute Gasteiger partial charge is 0.256 e. The zero-order chi connectivity index (χ0) is 23.7. The third kappa shape index (κ3) is 4.53. The number of aryl methyl sites for hydroxylation is 3. The molecule has 0 aliphatic heterocycles. The third-order valence-electron chi connectivity index (χ3n) is 5.70. The van der Waals surface area contributed by atoms with Gasteiger partial charge in [0.2, 0.25) is 0 Å². The summed E-state index contributed by atoms with van der Waals surface area (Å²) in [7, 11) is 3.25. The van der Waals surface area contributed by atoms with Gasteiger partial charge in [0.1, 0.15) is 11.5 Å². The summed E-state index contributed by atoms with van der Waals surface area (Å²) in [6, 6.07) is 13.5. The van der Waals surface area contributed by atoms with Gasteiger partial charge >= 0.3 is 0 Å². The minimum Gasteiger partial charge on any atom is -0.497 e. The molecule has 0 radical (unpaired) electrons. The summed E-state index contributed by atoms with van der Waals surface area (Å²) >= 11 is 0. The van der Waals surface area contributed by atoms with Gasteiger partial charge in [0.05, 0.1) is 48.9 Å². The molecule has 4 rings (SSSR count). The maximum Gasteiger partial charge on any atom is 0.256 e. The molecule has 0 saturated carbocycles. The van der Waals surface area contributed by atoms with Crippen LogP contribution in [0.4, 0.5) is 5.69 Å². The highest BCUT2D eigenvalue weighted by atomic mass is 16.5. The summed E-state index contributed by atoms with van der Waals surface area (Å²) in [5.41, 5.74) is 6.61. The molecule has 0 fully saturated rings. The fraction of sp³-hybridized carbons (Fsp3) is 0.269. The lowest BCUT2D eigenvalue weighted by molar-refractivity contribution is 0.102. The van der Waals surface area contributed by atoms with Crippen molar-refractivity contribution in [1.82, 2.24) is 14.8 Å². The van der Waals surface area contributed by atoms with Gasteiger partial charge in [-0.3, -0.25) is 14.5 Å². The van der Waals surface area contributed by atoms with Crippen molar-refractivity contribution < 1.29 is 14.3 Å². The number of methoxy groups -OCH3 is 2. The number of hydrogen-bond acceptors (Lipinski definition) is 5. The number of rotatable bonds is 6. The molecule has 1 amide bonds. The van der Waals surface area contributed by atoms with Crippen LogP contribution in [-0.4, -0.2) is 34.9 Å². The highest BCUT2D eigenvalue weighted by Gasteiger charge is 2.18. The summed E-state index contributed by atoms with van der Waals surface area (Å²) in [6.07, 6.45) is 0. The first kappa shape index (κ1) is 22.3. The van der Waals surface area contributed by atoms with E-state index in [9.17, 15) is 4.79 Å². The maximum atomic E-state index is 13.3. The molecule has 2 aromatic carbocycles. The van der Waals surface area contributed by atoms with E-state index in [4.69, 9.17) is 9.47 Å². The predicted molar refractivity (Wildman–Crippen MR) is 130 cm³/mol. The van der Waals surface area contributed by atoms with E-state index in [0.717, 1.165) is 50.6 Å². The molecule has 0 unspecified atom stereocenters. The van der Waals surface area contributed by atoms with Crippen LogP contribution in [0.2, 0.25) is 0 Å². The number of ether oxygens (including phenoxy) is 2. The van der Waals surface area contributed by atoms with Crippen molar-refractivity contribution in [1.29, 1.82) is 0 Å². The van der Waals surface area contributed by atoms with Crippen molar-refractivity contribution in [3.05, 3.63) is 76.2 Å². The van der Waals surface area contributed by atoms with Gasteiger partial charge in [-0.1, -0.05) is 11.6 Å². The Balaban J connectivity index is 1.65. The first-order valence-electron chi connectivity index (χ1n) is 10.7. The molecule has 0 saturated heterocycles. The topological polar surface area (TPSA) is 78.3 Å². The summed E-state index contributed by atoms with van der Waals surface area (Å²) in [5.74, 6) is 1.26. The Hall–Kier alpha value is -3.87. The summed E-state index contributed by atoms with van der Waals surface area (Å²) in [4.78, 5) is 17.9. The molecule has 33 heavy (non-hydrogen) atoms. The molecule has 7 nitrogen and oxygen atoms in total. The van der Waals surface area contributed by atoms with Gasteiger partial charge in [-0.05, 0) is 63.6 Å². The largest absolute Gasteiger partial charge is 0.497 e. The van der Waals surface area contributed by atoms with Gasteiger partial charge in [-0.2, -0.15) is 5.10 Å². The third-order valence-corrected chi connectivity index (χ3v) is 5.70. The van der Waals surface area contributed by atoms with Crippen LogP contribution in [0.5, 0.6) is 11.5 Å². The van der Waals surface area contributed by atoms with E-state index in [1.165, 1.54) is 0 Å². The number of fused-ring (bicyclic) bond motifs is 1. The molecule has 2 aromatic heterocycles. The summed E-state index contributed by atoms with van der Waals surface area (Å²) < 4.78 is 12.6. The number of carbonyl (C=O) groups is 1. The average molecular weight is 445 g/mol. The van der Waals surface area contributed by atoms with Crippen molar-refractivity contribution >= 4 is 22.5 Å². The van der Waals surface area contributed by atoms with E-state index in [2.05, 4.69) is 15.4 Å². The highest BCUT2D eigenvalue weighted by Crippen LogP contribution is 2.27. The van der Waals surface area contributed by atoms with Crippen LogP contribution in [-0.2, 0) is 6.54 Å². The number of aromatic nitrogens is 3. The lowest BCUT2D eigenvalue weighted by atomic mass is 10.0. The number of carbonyl (C=O) groups excluding carboxylic acids is 1. The van der Waals surface area contributed by atoms with E-state index in [-0.39, 0.29) is 5.91 Å². The van der Waals surface area contributed by atoms with E-state index in [1.54, 1.807) is 14.2 Å². The molecule has 1 N–H and O–H groups in total. The van der Waals surface area contributed by atoms with Crippen molar-refractivity contribution in [3.63, 3.8) is 0 Å². The van der Waals surface area contributed by atoms with Gasteiger partial charge in [0.25, 0.3) is 5.91 Å². The molecule has 0 aliphatic rings. The number of nitrogens with zero attached hydrogens (tertiary/aromatic N) is 3. The van der Waals surface area contributed by atoms with Gasteiger partial charge in [-0.25, -0.2) is 0 Å². The standard InChI is InChI=1S/C26H28N4O3/c1-15-7-8-24-22(9-15)23(10-16(2)27-24)26(31)28-25-17(3)29-30(18(25)4)14-19-11-20(32-5)13-21(12-19)33-6/h7-13H,14H2,1-6H3,(H,28,31). The minimum atomic E-state index is -0.176. The number of pyridine rings is 1. The number of nitrogens with one attached hydrogen (secondary N) is 1. The number of hydrogen-bond donors (Lipinski definition) is 1. The Morgan fingerprint density at radius 1 is 0.970 bits per heavy atom. The van der Waals surface area contributed by atoms with E-state index < -0.39 is 0 Å². The van der Waals surface area contributed by atoms with Crippen LogP contribution in [0.3, 0.4) is 0 Å². The van der Waals surface area contributed by atoms with E-state index >= 15 is 0 Å². The van der Waals surface area contributed by atoms with Gasteiger partial charge in [-0.15, -0.1) is 0 Å². The molecular formula is C26H28N4O3. The lowest BCUT2D eigenvalue weighted by Crippen LogP contribution is -2.14. The highest BCUT2D eigenvalue weighted by molar-refractivity contribution is 6.12. The molecule has 0 atom stereocenters. The molecule has 2 heterocycles. The van der Waals surface area contributed by atoms with Crippen LogP contribution in [0.25, 0.3) is 10.9 Å². The predicted octanol–water partition coefficient (Wildman–Crippen LogP) is 4.98. The van der Waals surface area contributed by atoms with Crippen molar-refractivity contribution in [2.24, 2.45) is 0 Å². The summed E-state index contributed by atoms with van der Waals surface area (Å²) in [6.45, 7) is 8.27. The maximum absolute atomic E-state index is 13.3. The van der Waals surface area contributed by atoms with Gasteiger partial charge in [0, 0.05) is 17.1 Å². The lowest BCUT2D eigenvalue weighted by Gasteiger charge is -2.11. The van der Waals surface area contributed by atoms with E-state index in [1.807, 2.05) is 74.8 Å². The zero-order valence-corrected chi connectivity index (χ0v) is 19.8. The first-order chi connectivity index (χ1) is 15.8. The first-order valence-corrected chi connectivity index (χ1v) is 10.7. The molecule has 0 spiro atoms. The monoisotopic (exact) mass is 444 g/mol. The van der Waals surface area contributed by atoms with Crippen LogP contribution in [0.15, 0.2) is 42.5 Å². The Labute approximate surface area is 193 Å². The van der Waals surface area contributed by atoms with E-state index in [0.29, 0.717) is 17.8 Å². The Kier molecular flexibility index (Phi) is 6.05. The number of benzene rings is 2. The molecule has 7 heteroatoms. The van der Waals surface area contributed by atoms with Crippen LogP contribution < -0.4 is 14.8 Å². The van der Waals surface area contributed by atoms with Crippen molar-refractivity contribution in [3.8, 4) is 11.5 Å². The van der Waals surface area contributed by atoms with Crippen LogP contribution in [0.1, 0.15) is 38.6 Å². The normalized spacial score (nSPS) is 11.0. The average Bonchev–Trinajstić information content (AvgIpc) is 3.05. The molecule has 0 bridgehead atoms.